The average Bonchev–Trinajstić information content (AvgIpc) is 3.27. The maximum Gasteiger partial charge on any atom is 0.0520 e. The lowest BCUT2D eigenvalue weighted by molar-refractivity contribution is 0.256. The lowest BCUT2D eigenvalue weighted by Crippen LogP contribution is -2.31. The standard InChI is InChI=1S/C21H25N3/c1-23-14-11-18-15-19(9-10-20(18)23)22-16-21(24-12-5-6-13-24)17-7-3-2-4-8-17/h2-4,7-11,14-15,21-22H,5-6,12-13,16H2,1H3. The summed E-state index contributed by atoms with van der Waals surface area (Å²) in [5, 5.41) is 4.96. The summed E-state index contributed by atoms with van der Waals surface area (Å²) in [7, 11) is 2.09. The van der Waals surface area contributed by atoms with Gasteiger partial charge in [-0.25, -0.2) is 0 Å². The summed E-state index contributed by atoms with van der Waals surface area (Å²) in [6, 6.07) is 20.2. The van der Waals surface area contributed by atoms with Crippen LogP contribution in [0.1, 0.15) is 24.4 Å². The Balaban J connectivity index is 1.53. The molecule has 3 nitrogen and oxygen atoms in total. The summed E-state index contributed by atoms with van der Waals surface area (Å²) in [5.41, 5.74) is 3.89. The molecule has 3 heteroatoms. The molecule has 0 radical (unpaired) electrons. The van der Waals surface area contributed by atoms with Crippen molar-refractivity contribution in [3.63, 3.8) is 0 Å². The molecule has 0 bridgehead atoms. The normalized spacial score (nSPS) is 16.5. The zero-order valence-corrected chi connectivity index (χ0v) is 14.3. The van der Waals surface area contributed by atoms with Crippen molar-refractivity contribution in [2.75, 3.05) is 25.0 Å². The number of benzene rings is 2. The van der Waals surface area contributed by atoms with Crippen LogP contribution in [0.2, 0.25) is 0 Å². The number of anilines is 1. The second-order valence-corrected chi connectivity index (χ2v) is 6.75. The molecule has 1 aliphatic rings. The number of likely N-dealkylation sites (tertiary alicyclic amines) is 1. The van der Waals surface area contributed by atoms with E-state index in [1.165, 1.54) is 48.1 Å². The van der Waals surface area contributed by atoms with Crippen LogP contribution in [-0.2, 0) is 7.05 Å². The zero-order valence-electron chi connectivity index (χ0n) is 14.3. The predicted octanol–water partition coefficient (Wildman–Crippen LogP) is 4.43. The minimum atomic E-state index is 0.445. The van der Waals surface area contributed by atoms with E-state index in [9.17, 15) is 0 Å². The first-order valence-corrected chi connectivity index (χ1v) is 8.89. The van der Waals surface area contributed by atoms with Crippen LogP contribution in [-0.4, -0.2) is 29.1 Å². The number of nitrogens with one attached hydrogen (secondary N) is 1. The molecule has 0 amide bonds. The molecule has 1 saturated heterocycles. The molecular weight excluding hydrogens is 294 g/mol. The van der Waals surface area contributed by atoms with Crippen molar-refractivity contribution in [3.8, 4) is 0 Å². The number of fused-ring (bicyclic) bond motifs is 1. The van der Waals surface area contributed by atoms with Crippen LogP contribution in [0.4, 0.5) is 5.69 Å². The van der Waals surface area contributed by atoms with E-state index >= 15 is 0 Å². The molecule has 4 rings (SSSR count). The molecule has 24 heavy (non-hydrogen) atoms. The van der Waals surface area contributed by atoms with Crippen molar-refractivity contribution in [3.05, 3.63) is 66.4 Å². The monoisotopic (exact) mass is 319 g/mol. The Morgan fingerprint density at radius 3 is 2.58 bits per heavy atom. The number of hydrogen-bond acceptors (Lipinski definition) is 2. The highest BCUT2D eigenvalue weighted by Crippen LogP contribution is 2.26. The summed E-state index contributed by atoms with van der Waals surface area (Å²) in [4.78, 5) is 2.61. The number of hydrogen-bond donors (Lipinski definition) is 1. The van der Waals surface area contributed by atoms with Gasteiger partial charge in [0.1, 0.15) is 0 Å². The van der Waals surface area contributed by atoms with Gasteiger partial charge in [-0.1, -0.05) is 30.3 Å². The Kier molecular flexibility index (Phi) is 4.26. The fourth-order valence-corrected chi connectivity index (χ4v) is 3.79. The molecule has 1 aliphatic heterocycles. The Labute approximate surface area is 143 Å². The number of nitrogens with zero attached hydrogens (tertiary/aromatic N) is 2. The Morgan fingerprint density at radius 2 is 1.79 bits per heavy atom. The molecule has 1 fully saturated rings. The third-order valence-electron chi connectivity index (χ3n) is 5.15. The summed E-state index contributed by atoms with van der Waals surface area (Å²) in [5.74, 6) is 0. The van der Waals surface area contributed by atoms with Crippen molar-refractivity contribution in [2.24, 2.45) is 7.05 Å². The summed E-state index contributed by atoms with van der Waals surface area (Å²) < 4.78 is 2.16. The summed E-state index contributed by atoms with van der Waals surface area (Å²) in [6.45, 7) is 3.36. The van der Waals surface area contributed by atoms with E-state index in [1.54, 1.807) is 0 Å². The molecule has 2 heterocycles. The highest BCUT2D eigenvalue weighted by Gasteiger charge is 2.23. The lowest BCUT2D eigenvalue weighted by Gasteiger charge is -2.28. The van der Waals surface area contributed by atoms with Crippen molar-refractivity contribution in [1.29, 1.82) is 0 Å². The third kappa shape index (κ3) is 3.04. The van der Waals surface area contributed by atoms with Crippen LogP contribution >= 0.6 is 0 Å². The van der Waals surface area contributed by atoms with Gasteiger partial charge in [0.15, 0.2) is 0 Å². The van der Waals surface area contributed by atoms with Gasteiger partial charge in [0.05, 0.1) is 6.04 Å². The zero-order chi connectivity index (χ0) is 16.4. The summed E-state index contributed by atoms with van der Waals surface area (Å²) in [6.07, 6.45) is 4.75. The van der Waals surface area contributed by atoms with E-state index in [0.29, 0.717) is 6.04 Å². The van der Waals surface area contributed by atoms with E-state index in [-0.39, 0.29) is 0 Å². The molecule has 2 aromatic carbocycles. The van der Waals surface area contributed by atoms with E-state index < -0.39 is 0 Å². The molecule has 1 aromatic heterocycles. The van der Waals surface area contributed by atoms with Gasteiger partial charge >= 0.3 is 0 Å². The minimum Gasteiger partial charge on any atom is -0.383 e. The van der Waals surface area contributed by atoms with Crippen LogP contribution in [0, 0.1) is 0 Å². The lowest BCUT2D eigenvalue weighted by atomic mass is 10.1. The van der Waals surface area contributed by atoms with E-state index in [4.69, 9.17) is 0 Å². The molecule has 1 N–H and O–H groups in total. The van der Waals surface area contributed by atoms with Gasteiger partial charge in [0.2, 0.25) is 0 Å². The van der Waals surface area contributed by atoms with Gasteiger partial charge in [-0.3, -0.25) is 4.90 Å². The van der Waals surface area contributed by atoms with Crippen molar-refractivity contribution >= 4 is 16.6 Å². The van der Waals surface area contributed by atoms with Gasteiger partial charge in [-0.15, -0.1) is 0 Å². The van der Waals surface area contributed by atoms with Crippen LogP contribution < -0.4 is 5.32 Å². The molecule has 0 spiro atoms. The third-order valence-corrected chi connectivity index (χ3v) is 5.15. The summed E-state index contributed by atoms with van der Waals surface area (Å²) >= 11 is 0. The Hall–Kier alpha value is -2.26. The molecule has 124 valence electrons. The van der Waals surface area contributed by atoms with Gasteiger partial charge < -0.3 is 9.88 Å². The smallest absolute Gasteiger partial charge is 0.0520 e. The highest BCUT2D eigenvalue weighted by molar-refractivity contribution is 5.83. The van der Waals surface area contributed by atoms with Crippen molar-refractivity contribution < 1.29 is 0 Å². The van der Waals surface area contributed by atoms with Gasteiger partial charge in [0.25, 0.3) is 0 Å². The second-order valence-electron chi connectivity index (χ2n) is 6.75. The predicted molar refractivity (Wildman–Crippen MR) is 101 cm³/mol. The van der Waals surface area contributed by atoms with Crippen LogP contribution in [0.3, 0.4) is 0 Å². The second kappa shape index (κ2) is 6.70. The van der Waals surface area contributed by atoms with E-state index in [2.05, 4.69) is 82.6 Å². The number of aryl methyl sites for hydroxylation is 1. The van der Waals surface area contributed by atoms with E-state index in [0.717, 1.165) is 6.54 Å². The van der Waals surface area contributed by atoms with E-state index in [1.807, 2.05) is 0 Å². The highest BCUT2D eigenvalue weighted by atomic mass is 15.2. The van der Waals surface area contributed by atoms with Gasteiger partial charge in [-0.2, -0.15) is 0 Å². The largest absolute Gasteiger partial charge is 0.383 e. The topological polar surface area (TPSA) is 20.2 Å². The first-order chi connectivity index (χ1) is 11.8. The van der Waals surface area contributed by atoms with Crippen molar-refractivity contribution in [2.45, 2.75) is 18.9 Å². The SMILES string of the molecule is Cn1ccc2cc(NCC(c3ccccc3)N3CCCC3)ccc21. The quantitative estimate of drug-likeness (QED) is 0.751. The van der Waals surface area contributed by atoms with Crippen LogP contribution in [0.5, 0.6) is 0 Å². The Bertz CT molecular complexity index is 800. The number of rotatable bonds is 5. The Morgan fingerprint density at radius 1 is 1.00 bits per heavy atom. The molecular formula is C21H25N3. The van der Waals surface area contributed by atoms with Crippen molar-refractivity contribution in [1.82, 2.24) is 9.47 Å². The maximum absolute atomic E-state index is 3.67. The van der Waals surface area contributed by atoms with Gasteiger partial charge in [0, 0.05) is 36.4 Å². The molecule has 3 aromatic rings. The van der Waals surface area contributed by atoms with Crippen LogP contribution in [0.15, 0.2) is 60.8 Å². The maximum atomic E-state index is 3.67. The molecule has 0 aliphatic carbocycles. The first kappa shape index (κ1) is 15.3. The fraction of sp³-hybridized carbons (Fsp3) is 0.333. The molecule has 1 unspecified atom stereocenters. The average molecular weight is 319 g/mol. The molecule has 1 atom stereocenters. The fourth-order valence-electron chi connectivity index (χ4n) is 3.79. The van der Waals surface area contributed by atoms with Gasteiger partial charge in [-0.05, 0) is 55.8 Å². The first-order valence-electron chi connectivity index (χ1n) is 8.89. The minimum absolute atomic E-state index is 0.445. The van der Waals surface area contributed by atoms with Crippen LogP contribution in [0.25, 0.3) is 10.9 Å². The molecule has 0 saturated carbocycles. The number of aromatic nitrogens is 1.